The monoisotopic (exact) mass is 299 g/mol. The molecular weight excluding hydrogens is 282 g/mol. The Balaban J connectivity index is 2.03. The van der Waals surface area contributed by atoms with E-state index in [1.54, 1.807) is 43.5 Å². The first kappa shape index (κ1) is 15.7. The lowest BCUT2D eigenvalue weighted by Crippen LogP contribution is -2.12. The van der Waals surface area contributed by atoms with Crippen LogP contribution in [0, 0.1) is 0 Å². The third-order valence-corrected chi connectivity index (χ3v) is 3.09. The molecule has 2 rings (SSSR count). The lowest BCUT2D eigenvalue weighted by atomic mass is 10.1. The molecule has 114 valence electrons. The van der Waals surface area contributed by atoms with Gasteiger partial charge in [0.05, 0.1) is 19.3 Å². The van der Waals surface area contributed by atoms with E-state index in [4.69, 9.17) is 4.74 Å². The van der Waals surface area contributed by atoms with Crippen LogP contribution in [0.2, 0.25) is 0 Å². The van der Waals surface area contributed by atoms with E-state index >= 15 is 0 Å². The number of carbonyl (C=O) groups excluding carboxylic acids is 2. The Morgan fingerprint density at radius 3 is 2.05 bits per heavy atom. The van der Waals surface area contributed by atoms with Crippen LogP contribution >= 0.6 is 0 Å². The number of hydrogen-bond acceptors (Lipinski definition) is 4. The fourth-order valence-electron chi connectivity index (χ4n) is 1.93. The van der Waals surface area contributed by atoms with Crippen molar-refractivity contribution < 1.29 is 19.1 Å². The lowest BCUT2D eigenvalue weighted by molar-refractivity contribution is 0.0600. The van der Waals surface area contributed by atoms with Crippen molar-refractivity contribution in [2.45, 2.75) is 6.61 Å². The summed E-state index contributed by atoms with van der Waals surface area (Å²) in [4.78, 5) is 23.5. The third-order valence-electron chi connectivity index (χ3n) is 3.09. The van der Waals surface area contributed by atoms with E-state index in [1.807, 2.05) is 12.1 Å². The van der Waals surface area contributed by atoms with Crippen molar-refractivity contribution in [3.05, 3.63) is 65.2 Å². The van der Waals surface area contributed by atoms with Crippen molar-refractivity contribution in [2.24, 2.45) is 0 Å². The van der Waals surface area contributed by atoms with Gasteiger partial charge in [-0.05, 0) is 42.0 Å². The number of nitrogens with one attached hydrogen (secondary N) is 1. The van der Waals surface area contributed by atoms with E-state index in [1.165, 1.54) is 7.11 Å². The van der Waals surface area contributed by atoms with Gasteiger partial charge in [-0.2, -0.15) is 0 Å². The molecule has 0 saturated carbocycles. The van der Waals surface area contributed by atoms with Gasteiger partial charge in [0.2, 0.25) is 0 Å². The van der Waals surface area contributed by atoms with Crippen LogP contribution in [0.1, 0.15) is 26.3 Å². The van der Waals surface area contributed by atoms with Crippen molar-refractivity contribution in [1.82, 2.24) is 0 Å². The molecule has 2 aromatic carbocycles. The second kappa shape index (κ2) is 7.38. The van der Waals surface area contributed by atoms with Gasteiger partial charge in [0.1, 0.15) is 0 Å². The summed E-state index contributed by atoms with van der Waals surface area (Å²) in [7, 11) is 2.95. The zero-order valence-corrected chi connectivity index (χ0v) is 12.5. The molecule has 5 nitrogen and oxygen atoms in total. The zero-order chi connectivity index (χ0) is 15.9. The van der Waals surface area contributed by atoms with Crippen LogP contribution in [-0.2, 0) is 16.1 Å². The number of carbonyl (C=O) groups is 2. The molecule has 0 aliphatic heterocycles. The van der Waals surface area contributed by atoms with Crippen LogP contribution in [0.15, 0.2) is 48.5 Å². The number of benzene rings is 2. The van der Waals surface area contributed by atoms with Gasteiger partial charge in [-0.15, -0.1) is 0 Å². The largest absolute Gasteiger partial charge is 0.465 e. The van der Waals surface area contributed by atoms with Crippen LogP contribution in [0.25, 0.3) is 0 Å². The Morgan fingerprint density at radius 2 is 1.50 bits per heavy atom. The first-order chi connectivity index (χ1) is 10.6. The summed E-state index contributed by atoms with van der Waals surface area (Å²) >= 11 is 0. The Hall–Kier alpha value is -2.66. The highest BCUT2D eigenvalue weighted by atomic mass is 16.5. The molecule has 2 aromatic rings. The summed E-state index contributed by atoms with van der Waals surface area (Å²) in [5.74, 6) is -0.624. The molecule has 0 saturated heterocycles. The van der Waals surface area contributed by atoms with Crippen LogP contribution < -0.4 is 5.32 Å². The fourth-order valence-corrected chi connectivity index (χ4v) is 1.93. The normalized spacial score (nSPS) is 10.1. The molecule has 0 bridgehead atoms. The van der Waals surface area contributed by atoms with Gasteiger partial charge >= 0.3 is 5.97 Å². The Kier molecular flexibility index (Phi) is 5.27. The Morgan fingerprint density at radius 1 is 0.909 bits per heavy atom. The van der Waals surface area contributed by atoms with Crippen LogP contribution in [0.4, 0.5) is 5.69 Å². The molecule has 0 spiro atoms. The minimum atomic E-state index is -0.411. The van der Waals surface area contributed by atoms with Gasteiger partial charge in [-0.3, -0.25) is 4.79 Å². The summed E-state index contributed by atoms with van der Waals surface area (Å²) in [6.45, 7) is 0.511. The van der Waals surface area contributed by atoms with Crippen LogP contribution in [0.3, 0.4) is 0 Å². The Bertz CT molecular complexity index is 647. The van der Waals surface area contributed by atoms with Crippen LogP contribution in [0.5, 0.6) is 0 Å². The zero-order valence-electron chi connectivity index (χ0n) is 12.5. The molecule has 0 aliphatic rings. The van der Waals surface area contributed by atoms with E-state index in [-0.39, 0.29) is 5.91 Å². The molecule has 5 heteroatoms. The van der Waals surface area contributed by atoms with Crippen molar-refractivity contribution in [1.29, 1.82) is 0 Å². The van der Waals surface area contributed by atoms with Gasteiger partial charge < -0.3 is 14.8 Å². The quantitative estimate of drug-likeness (QED) is 0.862. The third kappa shape index (κ3) is 3.93. The summed E-state index contributed by atoms with van der Waals surface area (Å²) in [6, 6.07) is 13.7. The van der Waals surface area contributed by atoms with E-state index in [0.29, 0.717) is 23.4 Å². The molecule has 0 aromatic heterocycles. The van der Waals surface area contributed by atoms with Gasteiger partial charge in [0.15, 0.2) is 0 Å². The van der Waals surface area contributed by atoms with E-state index < -0.39 is 5.97 Å². The molecular formula is C17H17NO4. The standard InChI is InChI=1S/C17H17NO4/c1-21-11-12-3-5-13(6-4-12)16(19)18-15-9-7-14(8-10-15)17(20)22-2/h3-10H,11H2,1-2H3,(H,18,19). The first-order valence-corrected chi connectivity index (χ1v) is 6.71. The van der Waals surface area contributed by atoms with E-state index in [0.717, 1.165) is 5.56 Å². The summed E-state index contributed by atoms with van der Waals surface area (Å²) in [6.07, 6.45) is 0. The summed E-state index contributed by atoms with van der Waals surface area (Å²) < 4.78 is 9.65. The maximum atomic E-state index is 12.1. The van der Waals surface area contributed by atoms with E-state index in [2.05, 4.69) is 10.1 Å². The molecule has 0 aliphatic carbocycles. The smallest absolute Gasteiger partial charge is 0.337 e. The van der Waals surface area contributed by atoms with Crippen molar-refractivity contribution >= 4 is 17.6 Å². The number of rotatable bonds is 5. The summed E-state index contributed by atoms with van der Waals surface area (Å²) in [5.41, 5.74) is 2.60. The SMILES string of the molecule is COCc1ccc(C(=O)Nc2ccc(C(=O)OC)cc2)cc1. The minimum Gasteiger partial charge on any atom is -0.465 e. The van der Waals surface area contributed by atoms with Crippen molar-refractivity contribution in [3.63, 3.8) is 0 Å². The number of esters is 1. The van der Waals surface area contributed by atoms with Crippen molar-refractivity contribution in [2.75, 3.05) is 19.5 Å². The molecule has 22 heavy (non-hydrogen) atoms. The second-order valence-electron chi connectivity index (χ2n) is 4.65. The average Bonchev–Trinajstić information content (AvgIpc) is 2.55. The highest BCUT2D eigenvalue weighted by Gasteiger charge is 2.08. The maximum absolute atomic E-state index is 12.1. The number of anilines is 1. The number of hydrogen-bond donors (Lipinski definition) is 1. The average molecular weight is 299 g/mol. The summed E-state index contributed by atoms with van der Waals surface area (Å²) in [5, 5.41) is 2.77. The van der Waals surface area contributed by atoms with Gasteiger partial charge in [0, 0.05) is 18.4 Å². The molecule has 1 N–H and O–H groups in total. The van der Waals surface area contributed by atoms with Crippen molar-refractivity contribution in [3.8, 4) is 0 Å². The van der Waals surface area contributed by atoms with Crippen LogP contribution in [-0.4, -0.2) is 26.1 Å². The number of ether oxygens (including phenoxy) is 2. The molecule has 0 unspecified atom stereocenters. The molecule has 0 fully saturated rings. The van der Waals surface area contributed by atoms with E-state index in [9.17, 15) is 9.59 Å². The number of amides is 1. The molecule has 0 atom stereocenters. The van der Waals surface area contributed by atoms with Gasteiger partial charge in [-0.25, -0.2) is 4.79 Å². The van der Waals surface area contributed by atoms with Gasteiger partial charge in [0.25, 0.3) is 5.91 Å². The fraction of sp³-hybridized carbons (Fsp3) is 0.176. The predicted molar refractivity (Wildman–Crippen MR) is 82.9 cm³/mol. The second-order valence-corrected chi connectivity index (χ2v) is 4.65. The maximum Gasteiger partial charge on any atom is 0.337 e. The highest BCUT2D eigenvalue weighted by molar-refractivity contribution is 6.04. The molecule has 0 heterocycles. The topological polar surface area (TPSA) is 64.6 Å². The van der Waals surface area contributed by atoms with Gasteiger partial charge in [-0.1, -0.05) is 12.1 Å². The minimum absolute atomic E-state index is 0.213. The predicted octanol–water partition coefficient (Wildman–Crippen LogP) is 2.87. The first-order valence-electron chi connectivity index (χ1n) is 6.71. The number of methoxy groups -OCH3 is 2. The molecule has 0 radical (unpaired) electrons. The lowest BCUT2D eigenvalue weighted by Gasteiger charge is -2.07. The highest BCUT2D eigenvalue weighted by Crippen LogP contribution is 2.13. The Labute approximate surface area is 128 Å². The molecule has 1 amide bonds.